The highest BCUT2D eigenvalue weighted by molar-refractivity contribution is 5.98. The predicted octanol–water partition coefficient (Wildman–Crippen LogP) is 3.45. The zero-order chi connectivity index (χ0) is 22.0. The van der Waals surface area contributed by atoms with Gasteiger partial charge in [-0.3, -0.25) is 9.48 Å². The van der Waals surface area contributed by atoms with Crippen molar-refractivity contribution >= 4 is 17.1 Å². The van der Waals surface area contributed by atoms with Crippen LogP contribution in [0.25, 0.3) is 16.6 Å². The van der Waals surface area contributed by atoms with Gasteiger partial charge in [0.1, 0.15) is 35.3 Å². The zero-order valence-corrected chi connectivity index (χ0v) is 16.5. The number of hydrogen-bond donors (Lipinski definition) is 1. The number of amides is 1. The number of carbonyl (C=O) groups is 1. The molecular weight excluding hydrogens is 399 g/mol. The first-order valence-corrected chi connectivity index (χ1v) is 9.23. The van der Waals surface area contributed by atoms with Gasteiger partial charge >= 0.3 is 0 Å². The summed E-state index contributed by atoms with van der Waals surface area (Å²) >= 11 is 0. The average molecular weight is 416 g/mol. The van der Waals surface area contributed by atoms with Gasteiger partial charge in [-0.15, -0.1) is 0 Å². The molecule has 9 heteroatoms. The van der Waals surface area contributed by atoms with E-state index in [1.165, 1.54) is 18.3 Å². The monoisotopic (exact) mass is 416 g/mol. The van der Waals surface area contributed by atoms with Gasteiger partial charge in [-0.25, -0.2) is 8.91 Å². The molecule has 1 aromatic carbocycles. The van der Waals surface area contributed by atoms with Gasteiger partial charge in [-0.2, -0.15) is 15.5 Å². The number of fused-ring (bicyclic) bond motifs is 1. The number of halogens is 1. The third-order valence-electron chi connectivity index (χ3n) is 4.54. The van der Waals surface area contributed by atoms with Crippen molar-refractivity contribution in [1.82, 2.24) is 19.4 Å². The Balaban J connectivity index is 1.69. The van der Waals surface area contributed by atoms with Crippen LogP contribution in [-0.4, -0.2) is 25.3 Å². The lowest BCUT2D eigenvalue weighted by Crippen LogP contribution is -2.08. The number of aryl methyl sites for hydroxylation is 1. The molecule has 0 bridgehead atoms. The van der Waals surface area contributed by atoms with Crippen molar-refractivity contribution in [2.24, 2.45) is 7.05 Å². The summed E-state index contributed by atoms with van der Waals surface area (Å²) < 4.78 is 23.2. The molecule has 0 fully saturated rings. The molecule has 0 saturated carbocycles. The molecule has 0 aliphatic rings. The van der Waals surface area contributed by atoms with Crippen molar-refractivity contribution in [2.45, 2.75) is 6.61 Å². The molecule has 154 valence electrons. The number of ether oxygens (including phenoxy) is 1. The molecule has 1 amide bonds. The number of hydrogen-bond acceptors (Lipinski definition) is 5. The van der Waals surface area contributed by atoms with Crippen LogP contribution in [-0.2, 0) is 18.4 Å². The van der Waals surface area contributed by atoms with E-state index in [4.69, 9.17) is 4.74 Å². The Kier molecular flexibility index (Phi) is 5.20. The summed E-state index contributed by atoms with van der Waals surface area (Å²) in [7, 11) is 1.81. The number of aromatic nitrogens is 4. The van der Waals surface area contributed by atoms with E-state index in [1.54, 1.807) is 33.7 Å². The molecule has 0 aliphatic carbocycles. The van der Waals surface area contributed by atoms with E-state index in [9.17, 15) is 14.4 Å². The standard InChI is InChI=1S/C22H17FN6O2/c1-3-21(30)27-19-5-14(4-18(23)7-19)13-31-20-6-15(17-10-25-28(2)11-17)12-29-22(20)16(8-24)9-26-29/h3-7,9-12H,1,13H2,2H3,(H,27,30). The molecule has 0 atom stereocenters. The Morgan fingerprint density at radius 3 is 2.81 bits per heavy atom. The minimum absolute atomic E-state index is 0.0108. The zero-order valence-electron chi connectivity index (χ0n) is 16.5. The number of pyridine rings is 1. The molecule has 8 nitrogen and oxygen atoms in total. The number of benzene rings is 1. The molecule has 4 aromatic rings. The smallest absolute Gasteiger partial charge is 0.247 e. The molecule has 1 N–H and O–H groups in total. The summed E-state index contributed by atoms with van der Waals surface area (Å²) in [6.07, 6.45) is 7.90. The molecule has 0 spiro atoms. The second-order valence-electron chi connectivity index (χ2n) is 6.79. The van der Waals surface area contributed by atoms with Crippen LogP contribution in [0, 0.1) is 17.1 Å². The highest BCUT2D eigenvalue weighted by Crippen LogP contribution is 2.30. The maximum absolute atomic E-state index is 14.0. The number of anilines is 1. The van der Waals surface area contributed by atoms with E-state index in [2.05, 4.69) is 28.2 Å². The first kappa shape index (κ1) is 19.8. The Hall–Kier alpha value is -4.45. The lowest BCUT2D eigenvalue weighted by molar-refractivity contribution is -0.111. The summed E-state index contributed by atoms with van der Waals surface area (Å²) in [5, 5.41) is 20.4. The fourth-order valence-corrected chi connectivity index (χ4v) is 3.16. The van der Waals surface area contributed by atoms with Crippen molar-refractivity contribution in [1.29, 1.82) is 5.26 Å². The Morgan fingerprint density at radius 1 is 1.26 bits per heavy atom. The fourth-order valence-electron chi connectivity index (χ4n) is 3.16. The topological polar surface area (TPSA) is 97.2 Å². The van der Waals surface area contributed by atoms with Crippen LogP contribution in [0.4, 0.5) is 10.1 Å². The van der Waals surface area contributed by atoms with Gasteiger partial charge in [-0.05, 0) is 35.9 Å². The molecular formula is C22H17FN6O2. The first-order chi connectivity index (χ1) is 15.0. The summed E-state index contributed by atoms with van der Waals surface area (Å²) in [4.78, 5) is 11.5. The van der Waals surface area contributed by atoms with Crippen LogP contribution in [0.15, 0.2) is 61.7 Å². The van der Waals surface area contributed by atoms with E-state index < -0.39 is 11.7 Å². The van der Waals surface area contributed by atoms with E-state index in [-0.39, 0.29) is 6.61 Å². The van der Waals surface area contributed by atoms with E-state index in [1.807, 2.05) is 13.2 Å². The van der Waals surface area contributed by atoms with Gasteiger partial charge in [0.2, 0.25) is 5.91 Å². The average Bonchev–Trinajstić information content (AvgIpc) is 3.37. The summed E-state index contributed by atoms with van der Waals surface area (Å²) in [6, 6.07) is 8.01. The van der Waals surface area contributed by atoms with E-state index in [0.717, 1.165) is 17.2 Å². The van der Waals surface area contributed by atoms with Gasteiger partial charge in [-0.1, -0.05) is 6.58 Å². The molecule has 0 radical (unpaired) electrons. The number of nitrogens with one attached hydrogen (secondary N) is 1. The molecule has 3 heterocycles. The van der Waals surface area contributed by atoms with Gasteiger partial charge in [0.25, 0.3) is 0 Å². The maximum Gasteiger partial charge on any atom is 0.247 e. The summed E-state index contributed by atoms with van der Waals surface area (Å²) in [5.41, 5.74) is 3.30. The third kappa shape index (κ3) is 4.13. The van der Waals surface area contributed by atoms with Gasteiger partial charge in [0, 0.05) is 36.3 Å². The predicted molar refractivity (Wildman–Crippen MR) is 112 cm³/mol. The van der Waals surface area contributed by atoms with Gasteiger partial charge in [0.15, 0.2) is 0 Å². The molecule has 3 aromatic heterocycles. The van der Waals surface area contributed by atoms with Crippen molar-refractivity contribution in [3.8, 4) is 22.9 Å². The van der Waals surface area contributed by atoms with E-state index >= 15 is 0 Å². The van der Waals surface area contributed by atoms with Crippen molar-refractivity contribution in [3.05, 3.63) is 78.7 Å². The maximum atomic E-state index is 14.0. The van der Waals surface area contributed by atoms with Crippen molar-refractivity contribution in [3.63, 3.8) is 0 Å². The Morgan fingerprint density at radius 2 is 2.10 bits per heavy atom. The van der Waals surface area contributed by atoms with Crippen LogP contribution in [0.5, 0.6) is 5.75 Å². The molecule has 0 aliphatic heterocycles. The molecule has 4 rings (SSSR count). The Labute approximate surface area is 176 Å². The Bertz CT molecular complexity index is 1350. The van der Waals surface area contributed by atoms with Crippen LogP contribution >= 0.6 is 0 Å². The van der Waals surface area contributed by atoms with Crippen LogP contribution < -0.4 is 10.1 Å². The van der Waals surface area contributed by atoms with Crippen molar-refractivity contribution in [2.75, 3.05) is 5.32 Å². The minimum Gasteiger partial charge on any atom is -0.487 e. The lowest BCUT2D eigenvalue weighted by Gasteiger charge is -2.12. The van der Waals surface area contributed by atoms with Crippen LogP contribution in [0.2, 0.25) is 0 Å². The van der Waals surface area contributed by atoms with Crippen LogP contribution in [0.1, 0.15) is 11.1 Å². The van der Waals surface area contributed by atoms with Crippen molar-refractivity contribution < 1.29 is 13.9 Å². The molecule has 0 unspecified atom stereocenters. The van der Waals surface area contributed by atoms with E-state index in [0.29, 0.717) is 28.1 Å². The number of nitriles is 1. The van der Waals surface area contributed by atoms with Gasteiger partial charge in [0.05, 0.1) is 12.4 Å². The van der Waals surface area contributed by atoms with Gasteiger partial charge < -0.3 is 10.1 Å². The largest absolute Gasteiger partial charge is 0.487 e. The number of nitrogens with zero attached hydrogens (tertiary/aromatic N) is 5. The summed E-state index contributed by atoms with van der Waals surface area (Å²) in [5.74, 6) is -0.547. The highest BCUT2D eigenvalue weighted by Gasteiger charge is 2.14. The summed E-state index contributed by atoms with van der Waals surface area (Å²) in [6.45, 7) is 3.39. The highest BCUT2D eigenvalue weighted by atomic mass is 19.1. The third-order valence-corrected chi connectivity index (χ3v) is 4.54. The first-order valence-electron chi connectivity index (χ1n) is 9.23. The molecule has 0 saturated heterocycles. The normalized spacial score (nSPS) is 10.6. The number of rotatable bonds is 6. The lowest BCUT2D eigenvalue weighted by atomic mass is 10.1. The second-order valence-corrected chi connectivity index (χ2v) is 6.79. The SMILES string of the molecule is C=CC(=O)Nc1cc(F)cc(COc2cc(-c3cnn(C)c3)cn3ncc(C#N)c23)c1. The fraction of sp³-hybridized carbons (Fsp3) is 0.0909. The minimum atomic E-state index is -0.517. The molecule has 31 heavy (non-hydrogen) atoms. The second kappa shape index (κ2) is 8.12. The number of carbonyl (C=O) groups excluding carboxylic acids is 1. The van der Waals surface area contributed by atoms with Crippen LogP contribution in [0.3, 0.4) is 0 Å². The quantitative estimate of drug-likeness (QED) is 0.486.